The van der Waals surface area contributed by atoms with Crippen LogP contribution in [0.1, 0.15) is 13.8 Å². The minimum absolute atomic E-state index is 0.0266. The van der Waals surface area contributed by atoms with Gasteiger partial charge >= 0.3 is 6.16 Å². The van der Waals surface area contributed by atoms with Gasteiger partial charge in [0.2, 0.25) is 0 Å². The van der Waals surface area contributed by atoms with E-state index in [1.54, 1.807) is 13.8 Å². The molecular weight excluding hydrogens is 164 g/mol. The summed E-state index contributed by atoms with van der Waals surface area (Å²) in [5.41, 5.74) is 0. The highest BCUT2D eigenvalue weighted by Crippen LogP contribution is 2.22. The molecule has 12 heavy (non-hydrogen) atoms. The summed E-state index contributed by atoms with van der Waals surface area (Å²) in [5.74, 6) is -0.619. The molecule has 0 aliphatic carbocycles. The average Bonchev–Trinajstić information content (AvgIpc) is 2.26. The van der Waals surface area contributed by atoms with Gasteiger partial charge in [0.15, 0.2) is 5.79 Å². The van der Waals surface area contributed by atoms with Crippen molar-refractivity contribution in [3.63, 3.8) is 0 Å². The Hall–Kier alpha value is -0.810. The first-order valence-electron chi connectivity index (χ1n) is 3.67. The van der Waals surface area contributed by atoms with Crippen LogP contribution in [0.25, 0.3) is 0 Å². The number of rotatable bonds is 2. The van der Waals surface area contributed by atoms with E-state index < -0.39 is 11.9 Å². The Morgan fingerprint density at radius 2 is 2.42 bits per heavy atom. The number of carboxylic acid groups (broad SMARTS) is 1. The van der Waals surface area contributed by atoms with E-state index in [-0.39, 0.29) is 12.7 Å². The molecule has 5 heteroatoms. The van der Waals surface area contributed by atoms with Gasteiger partial charge in [-0.1, -0.05) is 0 Å². The third-order valence-electron chi connectivity index (χ3n) is 1.46. The second-order valence-electron chi connectivity index (χ2n) is 3.03. The molecule has 1 aliphatic heterocycles. The Kier molecular flexibility index (Phi) is 2.54. The van der Waals surface area contributed by atoms with Crippen LogP contribution in [0.4, 0.5) is 4.79 Å². The van der Waals surface area contributed by atoms with Crippen LogP contribution in [0.5, 0.6) is 0 Å². The fourth-order valence-corrected chi connectivity index (χ4v) is 1.01. The Morgan fingerprint density at radius 1 is 1.75 bits per heavy atom. The Balaban J connectivity index is 2.24. The van der Waals surface area contributed by atoms with Gasteiger partial charge in [-0.25, -0.2) is 4.79 Å². The molecule has 0 saturated carbocycles. The molecule has 1 atom stereocenters. The van der Waals surface area contributed by atoms with E-state index in [0.29, 0.717) is 6.61 Å². The van der Waals surface area contributed by atoms with Crippen LogP contribution in [-0.2, 0) is 14.2 Å². The molecule has 0 bridgehead atoms. The van der Waals surface area contributed by atoms with Crippen molar-refractivity contribution in [2.24, 2.45) is 0 Å². The monoisotopic (exact) mass is 176 g/mol. The number of hydrogen-bond donors (Lipinski definition) is 1. The lowest BCUT2D eigenvalue weighted by atomic mass is 10.4. The molecule has 1 fully saturated rings. The Morgan fingerprint density at radius 3 is 2.83 bits per heavy atom. The van der Waals surface area contributed by atoms with Gasteiger partial charge in [-0.2, -0.15) is 0 Å². The first-order chi connectivity index (χ1) is 5.49. The van der Waals surface area contributed by atoms with Crippen molar-refractivity contribution in [3.05, 3.63) is 0 Å². The average molecular weight is 176 g/mol. The van der Waals surface area contributed by atoms with Crippen molar-refractivity contribution in [1.29, 1.82) is 0 Å². The summed E-state index contributed by atoms with van der Waals surface area (Å²) in [5, 5.41) is 8.19. The molecule has 70 valence electrons. The van der Waals surface area contributed by atoms with Crippen molar-refractivity contribution in [3.8, 4) is 0 Å². The van der Waals surface area contributed by atoms with E-state index in [9.17, 15) is 4.79 Å². The molecule has 1 saturated heterocycles. The molecule has 0 aromatic rings. The summed E-state index contributed by atoms with van der Waals surface area (Å²) < 4.78 is 14.8. The van der Waals surface area contributed by atoms with Gasteiger partial charge < -0.3 is 19.3 Å². The van der Waals surface area contributed by atoms with Crippen LogP contribution in [0, 0.1) is 0 Å². The number of ether oxygens (including phenoxy) is 3. The van der Waals surface area contributed by atoms with Crippen molar-refractivity contribution >= 4 is 6.16 Å². The highest BCUT2D eigenvalue weighted by Gasteiger charge is 2.33. The van der Waals surface area contributed by atoms with Crippen LogP contribution in [0.2, 0.25) is 0 Å². The molecular formula is C7H12O5. The lowest BCUT2D eigenvalue weighted by Gasteiger charge is -2.16. The van der Waals surface area contributed by atoms with Crippen LogP contribution in [-0.4, -0.2) is 36.4 Å². The molecule has 0 amide bonds. The summed E-state index contributed by atoms with van der Waals surface area (Å²) in [4.78, 5) is 10.00. The molecule has 0 spiro atoms. The molecule has 1 rings (SSSR count). The molecule has 1 N–H and O–H groups in total. The third-order valence-corrected chi connectivity index (χ3v) is 1.46. The molecule has 0 unspecified atom stereocenters. The normalized spacial score (nSPS) is 27.0. The summed E-state index contributed by atoms with van der Waals surface area (Å²) >= 11 is 0. The van der Waals surface area contributed by atoms with E-state index in [1.807, 2.05) is 0 Å². The van der Waals surface area contributed by atoms with Crippen LogP contribution < -0.4 is 0 Å². The molecule has 0 aromatic carbocycles. The van der Waals surface area contributed by atoms with Gasteiger partial charge in [-0.3, -0.25) is 0 Å². The standard InChI is InChI=1S/C7H12O5/c1-7(2)11-4-5(12-7)3-10-6(8)9/h5H,3-4H2,1-2H3,(H,8,9)/t5-/m1/s1. The Labute approximate surface area is 70.2 Å². The lowest BCUT2D eigenvalue weighted by Crippen LogP contribution is -2.24. The van der Waals surface area contributed by atoms with Gasteiger partial charge in [0, 0.05) is 0 Å². The van der Waals surface area contributed by atoms with Crippen molar-refractivity contribution in [2.45, 2.75) is 25.7 Å². The molecule has 5 nitrogen and oxygen atoms in total. The first kappa shape index (κ1) is 9.28. The SMILES string of the molecule is CC1(C)OC[C@@H](COC(=O)O)O1. The van der Waals surface area contributed by atoms with E-state index in [4.69, 9.17) is 14.6 Å². The summed E-state index contributed by atoms with van der Waals surface area (Å²) in [7, 11) is 0. The molecule has 0 aromatic heterocycles. The second kappa shape index (κ2) is 3.28. The molecule has 0 radical (unpaired) electrons. The van der Waals surface area contributed by atoms with Crippen LogP contribution >= 0.6 is 0 Å². The maximum absolute atomic E-state index is 10.00. The molecule has 1 aliphatic rings. The highest BCUT2D eigenvalue weighted by molar-refractivity contribution is 5.56. The van der Waals surface area contributed by atoms with E-state index in [2.05, 4.69) is 4.74 Å². The van der Waals surface area contributed by atoms with Crippen molar-refractivity contribution in [2.75, 3.05) is 13.2 Å². The fourth-order valence-electron chi connectivity index (χ4n) is 1.01. The first-order valence-corrected chi connectivity index (χ1v) is 3.67. The molecule has 1 heterocycles. The predicted octanol–water partition coefficient (Wildman–Crippen LogP) is 0.833. The van der Waals surface area contributed by atoms with Gasteiger partial charge in [0.05, 0.1) is 6.61 Å². The third kappa shape index (κ3) is 2.67. The maximum Gasteiger partial charge on any atom is 0.505 e. The van der Waals surface area contributed by atoms with E-state index >= 15 is 0 Å². The largest absolute Gasteiger partial charge is 0.505 e. The van der Waals surface area contributed by atoms with Crippen LogP contribution in [0.3, 0.4) is 0 Å². The predicted molar refractivity (Wildman–Crippen MR) is 38.9 cm³/mol. The minimum Gasteiger partial charge on any atom is -0.450 e. The Bertz CT molecular complexity index is 177. The zero-order chi connectivity index (χ0) is 9.19. The summed E-state index contributed by atoms with van der Waals surface area (Å²) in [6.45, 7) is 3.95. The number of carbonyl (C=O) groups is 1. The maximum atomic E-state index is 10.00. The van der Waals surface area contributed by atoms with Crippen molar-refractivity contribution in [1.82, 2.24) is 0 Å². The van der Waals surface area contributed by atoms with Crippen LogP contribution in [0.15, 0.2) is 0 Å². The smallest absolute Gasteiger partial charge is 0.450 e. The second-order valence-corrected chi connectivity index (χ2v) is 3.03. The summed E-state index contributed by atoms with van der Waals surface area (Å²) in [6, 6.07) is 0. The van der Waals surface area contributed by atoms with Gasteiger partial charge in [0.25, 0.3) is 0 Å². The number of hydrogen-bond acceptors (Lipinski definition) is 4. The van der Waals surface area contributed by atoms with Gasteiger partial charge in [-0.05, 0) is 13.8 Å². The van der Waals surface area contributed by atoms with E-state index in [0.717, 1.165) is 0 Å². The van der Waals surface area contributed by atoms with E-state index in [1.165, 1.54) is 0 Å². The summed E-state index contributed by atoms with van der Waals surface area (Å²) in [6.07, 6.45) is -1.57. The van der Waals surface area contributed by atoms with Crippen molar-refractivity contribution < 1.29 is 24.1 Å². The lowest BCUT2D eigenvalue weighted by molar-refractivity contribution is -0.143. The zero-order valence-electron chi connectivity index (χ0n) is 7.07. The topological polar surface area (TPSA) is 65.0 Å². The van der Waals surface area contributed by atoms with Gasteiger partial charge in [0.1, 0.15) is 12.7 Å². The highest BCUT2D eigenvalue weighted by atomic mass is 16.8. The fraction of sp³-hybridized carbons (Fsp3) is 0.857. The quantitative estimate of drug-likeness (QED) is 0.631. The van der Waals surface area contributed by atoms with Gasteiger partial charge in [-0.15, -0.1) is 0 Å². The minimum atomic E-state index is -1.29. The zero-order valence-corrected chi connectivity index (χ0v) is 7.07.